The van der Waals surface area contributed by atoms with Crippen molar-refractivity contribution < 1.29 is 0 Å². The number of aryl methyl sites for hydroxylation is 1. The van der Waals surface area contributed by atoms with Crippen LogP contribution in [0.2, 0.25) is 0 Å². The van der Waals surface area contributed by atoms with Crippen LogP contribution in [0, 0.1) is 13.8 Å². The summed E-state index contributed by atoms with van der Waals surface area (Å²) in [5.74, 6) is 0.764. The number of hydrogen-bond donors (Lipinski definition) is 1. The molecular weight excluding hydrogens is 358 g/mol. The van der Waals surface area contributed by atoms with Gasteiger partial charge in [0.25, 0.3) is 0 Å². The molecule has 0 fully saturated rings. The molecule has 1 N–H and O–H groups in total. The molecule has 4 aromatic rings. The van der Waals surface area contributed by atoms with Gasteiger partial charge in [-0.1, -0.05) is 42.5 Å². The van der Waals surface area contributed by atoms with Crippen LogP contribution in [0.1, 0.15) is 35.3 Å². The third kappa shape index (κ3) is 4.10. The van der Waals surface area contributed by atoms with E-state index in [1.165, 1.54) is 11.1 Å². The first-order valence-corrected chi connectivity index (χ1v) is 9.83. The first-order valence-electron chi connectivity index (χ1n) is 9.83. The van der Waals surface area contributed by atoms with Crippen LogP contribution in [-0.2, 0) is 6.54 Å². The smallest absolute Gasteiger partial charge is 0.159 e. The Balaban J connectivity index is 1.43. The minimum atomic E-state index is 0.170. The molecule has 0 spiro atoms. The number of para-hydroxylation sites is 1. The Labute approximate surface area is 171 Å². The Morgan fingerprint density at radius 1 is 0.897 bits per heavy atom. The highest BCUT2D eigenvalue weighted by atomic mass is 15.3. The van der Waals surface area contributed by atoms with Crippen LogP contribution in [0.3, 0.4) is 0 Å². The van der Waals surface area contributed by atoms with Gasteiger partial charge in [-0.2, -0.15) is 5.10 Å². The van der Waals surface area contributed by atoms with Gasteiger partial charge in [-0.05, 0) is 38.5 Å². The topological polar surface area (TPSA) is 55.6 Å². The number of benzene rings is 2. The second kappa shape index (κ2) is 8.37. The van der Waals surface area contributed by atoms with Crippen molar-refractivity contribution >= 4 is 0 Å². The second-order valence-electron chi connectivity index (χ2n) is 7.27. The summed E-state index contributed by atoms with van der Waals surface area (Å²) in [5, 5.41) is 8.13. The Hall–Kier alpha value is -3.31. The first-order chi connectivity index (χ1) is 14.1. The summed E-state index contributed by atoms with van der Waals surface area (Å²) in [6.45, 7) is 7.04. The van der Waals surface area contributed by atoms with Crippen LogP contribution < -0.4 is 5.32 Å². The molecule has 2 aromatic heterocycles. The predicted octanol–water partition coefficient (Wildman–Crippen LogP) is 4.80. The molecule has 0 saturated heterocycles. The molecule has 5 nitrogen and oxygen atoms in total. The highest BCUT2D eigenvalue weighted by Gasteiger charge is 2.14. The molecule has 0 aliphatic carbocycles. The van der Waals surface area contributed by atoms with E-state index in [1.807, 2.05) is 53.6 Å². The first kappa shape index (κ1) is 19.0. The van der Waals surface area contributed by atoms with E-state index in [1.54, 1.807) is 0 Å². The molecule has 1 atom stereocenters. The monoisotopic (exact) mass is 383 g/mol. The molecule has 0 saturated carbocycles. The van der Waals surface area contributed by atoms with Crippen LogP contribution >= 0.6 is 0 Å². The van der Waals surface area contributed by atoms with Crippen LogP contribution in [-0.4, -0.2) is 19.7 Å². The van der Waals surface area contributed by atoms with Gasteiger partial charge < -0.3 is 5.32 Å². The van der Waals surface area contributed by atoms with Crippen molar-refractivity contribution in [1.29, 1.82) is 0 Å². The SMILES string of the molecule is Cc1ccccc1-c1ncc(CN[C@@H](C)c2cnn(-c3ccccc3)c2C)cn1. The Bertz CT molecular complexity index is 1080. The molecule has 2 heterocycles. The number of hydrogen-bond acceptors (Lipinski definition) is 4. The molecule has 2 aromatic carbocycles. The largest absolute Gasteiger partial charge is 0.306 e. The molecule has 29 heavy (non-hydrogen) atoms. The van der Waals surface area contributed by atoms with Crippen LogP contribution in [0.25, 0.3) is 17.1 Å². The average Bonchev–Trinajstić information content (AvgIpc) is 3.15. The number of nitrogens with zero attached hydrogens (tertiary/aromatic N) is 4. The number of nitrogens with one attached hydrogen (secondary N) is 1. The van der Waals surface area contributed by atoms with E-state index in [0.717, 1.165) is 28.3 Å². The zero-order chi connectivity index (χ0) is 20.2. The van der Waals surface area contributed by atoms with Gasteiger partial charge in [-0.3, -0.25) is 0 Å². The summed E-state index contributed by atoms with van der Waals surface area (Å²) in [4.78, 5) is 9.11. The standard InChI is InChI=1S/C24H25N5/c1-17-9-7-8-12-22(17)24-26-14-20(15-27-24)13-25-18(2)23-16-28-29(19(23)3)21-10-5-4-6-11-21/h4-12,14-16,18,25H,13H2,1-3H3/t18-/m0/s1. The fourth-order valence-corrected chi connectivity index (χ4v) is 3.47. The fourth-order valence-electron chi connectivity index (χ4n) is 3.47. The molecule has 0 amide bonds. The van der Waals surface area contributed by atoms with E-state index >= 15 is 0 Å². The molecule has 0 unspecified atom stereocenters. The summed E-state index contributed by atoms with van der Waals surface area (Å²) >= 11 is 0. The maximum Gasteiger partial charge on any atom is 0.159 e. The van der Waals surface area contributed by atoms with Crippen LogP contribution in [0.4, 0.5) is 0 Å². The summed E-state index contributed by atoms with van der Waals surface area (Å²) < 4.78 is 1.98. The van der Waals surface area contributed by atoms with Crippen LogP contribution in [0.15, 0.2) is 73.2 Å². The minimum Gasteiger partial charge on any atom is -0.306 e. The van der Waals surface area contributed by atoms with E-state index in [2.05, 4.69) is 65.4 Å². The fraction of sp³-hybridized carbons (Fsp3) is 0.208. The van der Waals surface area contributed by atoms with E-state index in [9.17, 15) is 0 Å². The summed E-state index contributed by atoms with van der Waals surface area (Å²) in [5.41, 5.74) is 6.71. The highest BCUT2D eigenvalue weighted by molar-refractivity contribution is 5.59. The zero-order valence-corrected chi connectivity index (χ0v) is 17.0. The average molecular weight is 383 g/mol. The second-order valence-corrected chi connectivity index (χ2v) is 7.27. The summed E-state index contributed by atoms with van der Waals surface area (Å²) in [7, 11) is 0. The molecule has 0 aliphatic rings. The molecule has 4 rings (SSSR count). The van der Waals surface area contributed by atoms with Crippen molar-refractivity contribution in [3.05, 3.63) is 95.6 Å². The molecular formula is C24H25N5. The van der Waals surface area contributed by atoms with Crippen molar-refractivity contribution in [2.75, 3.05) is 0 Å². The van der Waals surface area contributed by atoms with Gasteiger partial charge in [-0.15, -0.1) is 0 Å². The van der Waals surface area contributed by atoms with Crippen molar-refractivity contribution in [3.8, 4) is 17.1 Å². The van der Waals surface area contributed by atoms with Gasteiger partial charge in [0, 0.05) is 47.4 Å². The van der Waals surface area contributed by atoms with E-state index in [4.69, 9.17) is 0 Å². The molecule has 0 aliphatic heterocycles. The molecule has 5 heteroatoms. The predicted molar refractivity (Wildman–Crippen MR) is 116 cm³/mol. The van der Waals surface area contributed by atoms with E-state index < -0.39 is 0 Å². The van der Waals surface area contributed by atoms with Gasteiger partial charge in [-0.25, -0.2) is 14.6 Å². The normalized spacial score (nSPS) is 12.1. The quantitative estimate of drug-likeness (QED) is 0.520. The maximum atomic E-state index is 4.57. The zero-order valence-electron chi connectivity index (χ0n) is 17.0. The lowest BCUT2D eigenvalue weighted by molar-refractivity contribution is 0.570. The lowest BCUT2D eigenvalue weighted by Gasteiger charge is -2.14. The van der Waals surface area contributed by atoms with Crippen molar-refractivity contribution in [2.24, 2.45) is 0 Å². The van der Waals surface area contributed by atoms with E-state index in [-0.39, 0.29) is 6.04 Å². The Morgan fingerprint density at radius 3 is 2.31 bits per heavy atom. The van der Waals surface area contributed by atoms with Gasteiger partial charge in [0.1, 0.15) is 0 Å². The molecule has 0 bridgehead atoms. The Kier molecular flexibility index (Phi) is 5.49. The number of aromatic nitrogens is 4. The van der Waals surface area contributed by atoms with Gasteiger partial charge in [0.15, 0.2) is 5.82 Å². The van der Waals surface area contributed by atoms with Crippen molar-refractivity contribution in [1.82, 2.24) is 25.1 Å². The third-order valence-electron chi connectivity index (χ3n) is 5.22. The van der Waals surface area contributed by atoms with E-state index in [0.29, 0.717) is 6.54 Å². The highest BCUT2D eigenvalue weighted by Crippen LogP contribution is 2.21. The lowest BCUT2D eigenvalue weighted by atomic mass is 10.1. The van der Waals surface area contributed by atoms with Gasteiger partial charge in [0.2, 0.25) is 0 Å². The number of rotatable bonds is 6. The Morgan fingerprint density at radius 2 is 1.59 bits per heavy atom. The third-order valence-corrected chi connectivity index (χ3v) is 5.22. The minimum absolute atomic E-state index is 0.170. The maximum absolute atomic E-state index is 4.57. The molecule has 146 valence electrons. The summed E-state index contributed by atoms with van der Waals surface area (Å²) in [6.07, 6.45) is 5.74. The van der Waals surface area contributed by atoms with Crippen molar-refractivity contribution in [3.63, 3.8) is 0 Å². The van der Waals surface area contributed by atoms with Gasteiger partial charge >= 0.3 is 0 Å². The van der Waals surface area contributed by atoms with Crippen molar-refractivity contribution in [2.45, 2.75) is 33.4 Å². The lowest BCUT2D eigenvalue weighted by Crippen LogP contribution is -2.19. The van der Waals surface area contributed by atoms with Crippen LogP contribution in [0.5, 0.6) is 0 Å². The van der Waals surface area contributed by atoms with Gasteiger partial charge in [0.05, 0.1) is 11.9 Å². The molecule has 0 radical (unpaired) electrons. The summed E-state index contributed by atoms with van der Waals surface area (Å²) in [6, 6.07) is 18.5.